The zero-order valence-electron chi connectivity index (χ0n) is 11.7. The molecule has 1 N–H and O–H groups in total. The molecule has 0 bridgehead atoms. The molecule has 0 amide bonds. The number of benzene rings is 2. The van der Waals surface area contributed by atoms with E-state index in [9.17, 15) is 17.6 Å². The first-order chi connectivity index (χ1) is 9.79. The third-order valence-electron chi connectivity index (χ3n) is 3.39. The van der Waals surface area contributed by atoms with Gasteiger partial charge in [0.15, 0.2) is 0 Å². The Hall–Kier alpha value is -2.04. The van der Waals surface area contributed by atoms with Gasteiger partial charge in [0.2, 0.25) is 0 Å². The second kappa shape index (κ2) is 5.76. The summed E-state index contributed by atoms with van der Waals surface area (Å²) < 4.78 is 51.2. The fraction of sp³-hybridized carbons (Fsp3) is 0.250. The maximum Gasteiger partial charge on any atom is 0.419 e. The van der Waals surface area contributed by atoms with Crippen molar-refractivity contribution in [3.63, 3.8) is 0 Å². The van der Waals surface area contributed by atoms with Crippen LogP contribution in [0.1, 0.15) is 22.3 Å². The fourth-order valence-electron chi connectivity index (χ4n) is 2.17. The SMILES string of the molecule is Cc1cccc(C)c1CNc1ccc(F)c(C(F)(F)F)c1. The van der Waals surface area contributed by atoms with E-state index in [4.69, 9.17) is 0 Å². The van der Waals surface area contributed by atoms with Crippen LogP contribution >= 0.6 is 0 Å². The van der Waals surface area contributed by atoms with Gasteiger partial charge in [-0.2, -0.15) is 13.2 Å². The molecule has 5 heteroatoms. The molecule has 0 radical (unpaired) electrons. The molecule has 112 valence electrons. The number of alkyl halides is 3. The molecule has 0 fully saturated rings. The monoisotopic (exact) mass is 297 g/mol. The maximum atomic E-state index is 13.2. The lowest BCUT2D eigenvalue weighted by atomic mass is 10.0. The smallest absolute Gasteiger partial charge is 0.381 e. The van der Waals surface area contributed by atoms with Crippen LogP contribution in [0.5, 0.6) is 0 Å². The molecule has 1 nitrogen and oxygen atoms in total. The molecule has 0 spiro atoms. The van der Waals surface area contributed by atoms with Crippen LogP contribution in [0, 0.1) is 19.7 Å². The minimum atomic E-state index is -4.69. The Morgan fingerprint density at radius 3 is 2.19 bits per heavy atom. The highest BCUT2D eigenvalue weighted by molar-refractivity contribution is 5.48. The summed E-state index contributed by atoms with van der Waals surface area (Å²) in [7, 11) is 0. The molecule has 0 saturated carbocycles. The largest absolute Gasteiger partial charge is 0.419 e. The highest BCUT2D eigenvalue weighted by atomic mass is 19.4. The minimum Gasteiger partial charge on any atom is -0.381 e. The minimum absolute atomic E-state index is 0.242. The van der Waals surface area contributed by atoms with Crippen LogP contribution < -0.4 is 5.32 Å². The highest BCUT2D eigenvalue weighted by Crippen LogP contribution is 2.33. The first-order valence-corrected chi connectivity index (χ1v) is 6.45. The molecule has 2 aromatic carbocycles. The number of anilines is 1. The van der Waals surface area contributed by atoms with Crippen molar-refractivity contribution in [3.8, 4) is 0 Å². The van der Waals surface area contributed by atoms with Crippen molar-refractivity contribution in [2.75, 3.05) is 5.32 Å². The number of halogens is 4. The molecule has 2 rings (SSSR count). The third-order valence-corrected chi connectivity index (χ3v) is 3.39. The average Bonchev–Trinajstić information content (AvgIpc) is 2.38. The van der Waals surface area contributed by atoms with E-state index in [0.29, 0.717) is 6.54 Å². The van der Waals surface area contributed by atoms with E-state index in [0.717, 1.165) is 28.8 Å². The van der Waals surface area contributed by atoms with Gasteiger partial charge < -0.3 is 5.32 Å². The number of aryl methyl sites for hydroxylation is 2. The molecule has 21 heavy (non-hydrogen) atoms. The van der Waals surface area contributed by atoms with Crippen molar-refractivity contribution >= 4 is 5.69 Å². The van der Waals surface area contributed by atoms with Gasteiger partial charge in [-0.25, -0.2) is 4.39 Å². The molecule has 2 aromatic rings. The fourth-order valence-corrected chi connectivity index (χ4v) is 2.17. The second-order valence-corrected chi connectivity index (χ2v) is 4.92. The van der Waals surface area contributed by atoms with Crippen molar-refractivity contribution in [2.24, 2.45) is 0 Å². The van der Waals surface area contributed by atoms with Crippen molar-refractivity contribution in [1.29, 1.82) is 0 Å². The van der Waals surface area contributed by atoms with E-state index < -0.39 is 17.6 Å². The van der Waals surface area contributed by atoms with Crippen LogP contribution in [0.3, 0.4) is 0 Å². The average molecular weight is 297 g/mol. The van der Waals surface area contributed by atoms with Crippen molar-refractivity contribution in [2.45, 2.75) is 26.6 Å². The van der Waals surface area contributed by atoms with Crippen LogP contribution in [-0.2, 0) is 12.7 Å². The molecule has 0 aliphatic carbocycles. The lowest BCUT2D eigenvalue weighted by Gasteiger charge is -2.14. The van der Waals surface area contributed by atoms with Gasteiger partial charge in [0.05, 0.1) is 5.56 Å². The zero-order valence-corrected chi connectivity index (χ0v) is 11.7. The van der Waals surface area contributed by atoms with Gasteiger partial charge in [0.1, 0.15) is 5.82 Å². The number of hydrogen-bond acceptors (Lipinski definition) is 1. The molecule has 0 aliphatic rings. The predicted octanol–water partition coefficient (Wildman–Crippen LogP) is 5.07. The van der Waals surface area contributed by atoms with Gasteiger partial charge in [-0.3, -0.25) is 0 Å². The molecule has 0 saturated heterocycles. The van der Waals surface area contributed by atoms with Gasteiger partial charge in [0.25, 0.3) is 0 Å². The van der Waals surface area contributed by atoms with E-state index in [1.807, 2.05) is 32.0 Å². The van der Waals surface area contributed by atoms with Crippen LogP contribution in [-0.4, -0.2) is 0 Å². The van der Waals surface area contributed by atoms with E-state index in [1.165, 1.54) is 6.07 Å². The summed E-state index contributed by atoms with van der Waals surface area (Å²) in [6.45, 7) is 4.27. The van der Waals surface area contributed by atoms with Crippen molar-refractivity contribution in [1.82, 2.24) is 0 Å². The Morgan fingerprint density at radius 2 is 1.62 bits per heavy atom. The summed E-state index contributed by atoms with van der Waals surface area (Å²) in [6.07, 6.45) is -4.69. The highest BCUT2D eigenvalue weighted by Gasteiger charge is 2.34. The Morgan fingerprint density at radius 1 is 1.00 bits per heavy atom. The van der Waals surface area contributed by atoms with Gasteiger partial charge in [-0.15, -0.1) is 0 Å². The summed E-state index contributed by atoms with van der Waals surface area (Å²) in [6, 6.07) is 8.73. The number of hydrogen-bond donors (Lipinski definition) is 1. The maximum absolute atomic E-state index is 13.2. The quantitative estimate of drug-likeness (QED) is 0.780. The van der Waals surface area contributed by atoms with Crippen molar-refractivity contribution < 1.29 is 17.6 Å². The molecule has 0 heterocycles. The molecule has 0 aromatic heterocycles. The summed E-state index contributed by atoms with van der Waals surface area (Å²) in [4.78, 5) is 0. The van der Waals surface area contributed by atoms with Crippen molar-refractivity contribution in [3.05, 3.63) is 64.5 Å². The summed E-state index contributed by atoms with van der Waals surface area (Å²) in [5.41, 5.74) is 2.12. The Bertz CT molecular complexity index is 627. The summed E-state index contributed by atoms with van der Waals surface area (Å²) in [5.74, 6) is -1.26. The van der Waals surface area contributed by atoms with Gasteiger partial charge >= 0.3 is 6.18 Å². The Balaban J connectivity index is 2.22. The van der Waals surface area contributed by atoms with Gasteiger partial charge in [-0.05, 0) is 48.7 Å². The van der Waals surface area contributed by atoms with Gasteiger partial charge in [-0.1, -0.05) is 18.2 Å². The molecular weight excluding hydrogens is 282 g/mol. The first-order valence-electron chi connectivity index (χ1n) is 6.45. The molecular formula is C16H15F4N. The Kier molecular flexibility index (Phi) is 4.21. The van der Waals surface area contributed by atoms with E-state index >= 15 is 0 Å². The van der Waals surface area contributed by atoms with Gasteiger partial charge in [0, 0.05) is 12.2 Å². The van der Waals surface area contributed by atoms with E-state index in [1.54, 1.807) is 0 Å². The molecule has 0 aliphatic heterocycles. The standard InChI is InChI=1S/C16H15F4N/c1-10-4-3-5-11(2)13(10)9-21-12-6-7-15(17)14(8-12)16(18,19)20/h3-8,21H,9H2,1-2H3. The first kappa shape index (κ1) is 15.4. The normalized spacial score (nSPS) is 11.5. The molecule has 0 atom stereocenters. The van der Waals surface area contributed by atoms with E-state index in [-0.39, 0.29) is 5.69 Å². The lowest BCUT2D eigenvalue weighted by molar-refractivity contribution is -0.139. The number of rotatable bonds is 3. The summed E-state index contributed by atoms with van der Waals surface area (Å²) >= 11 is 0. The lowest BCUT2D eigenvalue weighted by Crippen LogP contribution is -2.10. The second-order valence-electron chi connectivity index (χ2n) is 4.92. The van der Waals surface area contributed by atoms with E-state index in [2.05, 4.69) is 5.32 Å². The Labute approximate surface area is 120 Å². The summed E-state index contributed by atoms with van der Waals surface area (Å²) in [5, 5.41) is 2.92. The predicted molar refractivity (Wildman–Crippen MR) is 74.6 cm³/mol. The van der Waals surface area contributed by atoms with Crippen LogP contribution in [0.4, 0.5) is 23.2 Å². The molecule has 0 unspecified atom stereocenters. The topological polar surface area (TPSA) is 12.0 Å². The van der Waals surface area contributed by atoms with Crippen LogP contribution in [0.15, 0.2) is 36.4 Å². The van der Waals surface area contributed by atoms with Crippen LogP contribution in [0.2, 0.25) is 0 Å². The number of nitrogens with one attached hydrogen (secondary N) is 1. The zero-order chi connectivity index (χ0) is 15.6. The third kappa shape index (κ3) is 3.54. The van der Waals surface area contributed by atoms with Crippen LogP contribution in [0.25, 0.3) is 0 Å².